The maximum Gasteiger partial charge on any atom is 0.469 e. The van der Waals surface area contributed by atoms with E-state index in [-0.39, 0.29) is 0 Å². The summed E-state index contributed by atoms with van der Waals surface area (Å²) in [6.45, 7) is 1.82. The predicted octanol–water partition coefficient (Wildman–Crippen LogP) is 4.57. The largest absolute Gasteiger partial charge is 0.469 e. The van der Waals surface area contributed by atoms with E-state index >= 15 is 0 Å². The minimum atomic E-state index is -4.58. The van der Waals surface area contributed by atoms with E-state index < -0.39 is 26.6 Å². The number of benzene rings is 1. The number of hydrogen-bond donors (Lipinski definition) is 4. The first-order chi connectivity index (χ1) is 13.8. The van der Waals surface area contributed by atoms with Crippen molar-refractivity contribution in [2.45, 2.75) is 83.3 Å². The van der Waals surface area contributed by atoms with Crippen LogP contribution in [0.5, 0.6) is 0 Å². The fourth-order valence-corrected chi connectivity index (χ4v) is 3.44. The Morgan fingerprint density at radius 2 is 1.55 bits per heavy atom. The minimum absolute atomic E-state index is 0.423. The van der Waals surface area contributed by atoms with Crippen LogP contribution in [-0.4, -0.2) is 33.6 Å². The normalized spacial score (nSPS) is 14.4. The maximum absolute atomic E-state index is 10.7. The van der Waals surface area contributed by atoms with Gasteiger partial charge in [-0.25, -0.2) is 4.57 Å². The number of phosphoric ester groups is 1. The van der Waals surface area contributed by atoms with Gasteiger partial charge in [0.15, 0.2) is 0 Å². The number of nitrogens with two attached hydrogens (primary N) is 1. The van der Waals surface area contributed by atoms with Crippen LogP contribution in [0.2, 0.25) is 0 Å². The van der Waals surface area contributed by atoms with E-state index in [9.17, 15) is 9.67 Å². The fourth-order valence-electron chi connectivity index (χ4n) is 3.07. The van der Waals surface area contributed by atoms with Crippen LogP contribution >= 0.6 is 7.82 Å². The molecule has 0 radical (unpaired) electrons. The lowest BCUT2D eigenvalue weighted by Crippen LogP contribution is -2.37. The van der Waals surface area contributed by atoms with E-state index in [1.807, 2.05) is 12.1 Å². The summed E-state index contributed by atoms with van der Waals surface area (Å²) in [7, 11) is -4.58. The van der Waals surface area contributed by atoms with E-state index in [1.54, 1.807) is 6.08 Å². The van der Waals surface area contributed by atoms with Crippen LogP contribution < -0.4 is 5.73 Å². The molecule has 1 rings (SSSR count). The molecule has 0 spiro atoms. The molecule has 0 heterocycles. The number of aliphatic hydroxyl groups excluding tert-OH is 1. The highest BCUT2D eigenvalue weighted by atomic mass is 31.2. The van der Waals surface area contributed by atoms with Gasteiger partial charge >= 0.3 is 7.82 Å². The topological polar surface area (TPSA) is 113 Å². The monoisotopic (exact) mass is 427 g/mol. The molecule has 0 aliphatic carbocycles. The van der Waals surface area contributed by atoms with Gasteiger partial charge in [0.2, 0.25) is 0 Å². The first kappa shape index (κ1) is 26.0. The number of unbranched alkanes of at least 4 members (excludes halogenated alkanes) is 8. The Bertz CT molecular complexity index is 614. The first-order valence-corrected chi connectivity index (χ1v) is 12.3. The van der Waals surface area contributed by atoms with Gasteiger partial charge in [-0.1, -0.05) is 94.7 Å². The zero-order chi connectivity index (χ0) is 21.5. The second-order valence-corrected chi connectivity index (χ2v) is 8.86. The Hall–Kier alpha value is -1.01. The summed E-state index contributed by atoms with van der Waals surface area (Å²) in [6, 6.07) is 7.25. The van der Waals surface area contributed by atoms with Crippen molar-refractivity contribution in [3.63, 3.8) is 0 Å². The van der Waals surface area contributed by atoms with Crippen LogP contribution in [0, 0.1) is 0 Å². The molecule has 1 aromatic rings. The van der Waals surface area contributed by atoms with Crippen molar-refractivity contribution in [1.29, 1.82) is 0 Å². The summed E-state index contributed by atoms with van der Waals surface area (Å²) in [5.41, 5.74) is 7.90. The van der Waals surface area contributed by atoms with Crippen LogP contribution in [-0.2, 0) is 15.5 Å². The quantitative estimate of drug-likeness (QED) is 0.227. The van der Waals surface area contributed by atoms with Crippen molar-refractivity contribution < 1.29 is 24.0 Å². The molecule has 6 nitrogen and oxygen atoms in total. The molecule has 29 heavy (non-hydrogen) atoms. The molecule has 0 unspecified atom stereocenters. The smallest absolute Gasteiger partial charge is 0.387 e. The van der Waals surface area contributed by atoms with Gasteiger partial charge in [-0.15, -0.1) is 0 Å². The van der Waals surface area contributed by atoms with E-state index in [2.05, 4.69) is 23.6 Å². The van der Waals surface area contributed by atoms with Gasteiger partial charge in [-0.2, -0.15) is 0 Å². The van der Waals surface area contributed by atoms with Gasteiger partial charge < -0.3 is 20.6 Å². The lowest BCUT2D eigenvalue weighted by Gasteiger charge is -2.15. The van der Waals surface area contributed by atoms with Crippen molar-refractivity contribution in [1.82, 2.24) is 0 Å². The molecular formula is C22H38NO5P. The van der Waals surface area contributed by atoms with Crippen molar-refractivity contribution in [3.8, 4) is 0 Å². The summed E-state index contributed by atoms with van der Waals surface area (Å²) in [5.74, 6) is 0. The fraction of sp³-hybridized carbons (Fsp3) is 0.636. The summed E-state index contributed by atoms with van der Waals surface area (Å²) < 4.78 is 15.0. The highest BCUT2D eigenvalue weighted by Crippen LogP contribution is 2.35. The Balaban J connectivity index is 2.24. The Kier molecular flexibility index (Phi) is 13.4. The Morgan fingerprint density at radius 1 is 1.00 bits per heavy atom. The van der Waals surface area contributed by atoms with Crippen molar-refractivity contribution in [3.05, 3.63) is 41.5 Å². The molecule has 7 heteroatoms. The number of phosphoric acid groups is 1. The molecule has 5 N–H and O–H groups in total. The summed E-state index contributed by atoms with van der Waals surface area (Å²) in [5, 5.41) is 9.93. The van der Waals surface area contributed by atoms with Crippen LogP contribution in [0.25, 0.3) is 6.08 Å². The molecule has 0 aliphatic rings. The third-order valence-electron chi connectivity index (χ3n) is 4.91. The Labute approximate surface area is 175 Å². The molecule has 0 saturated heterocycles. The zero-order valence-corrected chi connectivity index (χ0v) is 18.5. The number of aliphatic hydroxyl groups is 1. The average Bonchev–Trinajstić information content (AvgIpc) is 2.69. The summed E-state index contributed by atoms with van der Waals surface area (Å²) in [4.78, 5) is 17.3. The highest BCUT2D eigenvalue weighted by molar-refractivity contribution is 7.46. The Morgan fingerprint density at radius 3 is 2.10 bits per heavy atom. The third-order valence-corrected chi connectivity index (χ3v) is 5.39. The van der Waals surface area contributed by atoms with Crippen LogP contribution in [0.3, 0.4) is 0 Å². The molecule has 0 aromatic heterocycles. The summed E-state index contributed by atoms with van der Waals surface area (Å²) in [6.07, 6.45) is 15.2. The van der Waals surface area contributed by atoms with E-state index in [0.29, 0.717) is 0 Å². The van der Waals surface area contributed by atoms with Gasteiger partial charge in [0.1, 0.15) is 0 Å². The van der Waals surface area contributed by atoms with Crippen molar-refractivity contribution in [2.24, 2.45) is 5.73 Å². The second-order valence-electron chi connectivity index (χ2n) is 7.62. The highest BCUT2D eigenvalue weighted by Gasteiger charge is 2.19. The van der Waals surface area contributed by atoms with Gasteiger partial charge in [0.25, 0.3) is 0 Å². The molecule has 0 aliphatic heterocycles. The number of rotatable bonds is 16. The van der Waals surface area contributed by atoms with Crippen LogP contribution in [0.15, 0.2) is 30.3 Å². The van der Waals surface area contributed by atoms with E-state index in [0.717, 1.165) is 12.0 Å². The van der Waals surface area contributed by atoms with Gasteiger partial charge in [0.05, 0.1) is 18.8 Å². The molecular weight excluding hydrogens is 389 g/mol. The lowest BCUT2D eigenvalue weighted by atomic mass is 10.0. The van der Waals surface area contributed by atoms with Crippen molar-refractivity contribution >= 4 is 13.9 Å². The molecule has 2 atom stereocenters. The second kappa shape index (κ2) is 14.9. The number of aryl methyl sites for hydroxylation is 1. The maximum atomic E-state index is 10.7. The van der Waals surface area contributed by atoms with Crippen LogP contribution in [0.4, 0.5) is 0 Å². The summed E-state index contributed by atoms with van der Waals surface area (Å²) >= 11 is 0. The molecule has 0 bridgehead atoms. The zero-order valence-electron chi connectivity index (χ0n) is 17.6. The van der Waals surface area contributed by atoms with Crippen molar-refractivity contribution in [2.75, 3.05) is 6.61 Å². The SMILES string of the molecule is CCCCCCCCCCCc1ccc(/C=C/[C@@H](O)[C@@H](N)COP(=O)(O)O)cc1. The van der Waals surface area contributed by atoms with Crippen LogP contribution in [0.1, 0.15) is 75.8 Å². The van der Waals surface area contributed by atoms with Gasteiger partial charge in [-0.3, -0.25) is 4.52 Å². The van der Waals surface area contributed by atoms with Gasteiger partial charge in [0, 0.05) is 0 Å². The predicted molar refractivity (Wildman–Crippen MR) is 118 cm³/mol. The number of hydrogen-bond acceptors (Lipinski definition) is 4. The molecule has 0 amide bonds. The van der Waals surface area contributed by atoms with E-state index in [4.69, 9.17) is 15.5 Å². The molecule has 166 valence electrons. The molecule has 0 saturated carbocycles. The first-order valence-electron chi connectivity index (χ1n) is 10.7. The standard InChI is InChI=1S/C22H38NO5P/c1-2-3-4-5-6-7-8-9-10-11-19-12-14-20(15-13-19)16-17-22(24)21(23)18-28-29(25,26)27/h12-17,21-22,24H,2-11,18,23H2,1H3,(H2,25,26,27)/b17-16+/t21-,22+/m0/s1. The third kappa shape index (κ3) is 13.8. The van der Waals surface area contributed by atoms with E-state index in [1.165, 1.54) is 69.4 Å². The van der Waals surface area contributed by atoms with Gasteiger partial charge in [-0.05, 0) is 24.0 Å². The minimum Gasteiger partial charge on any atom is -0.387 e. The molecule has 1 aromatic carbocycles. The molecule has 0 fully saturated rings. The average molecular weight is 428 g/mol. The lowest BCUT2D eigenvalue weighted by molar-refractivity contribution is 0.129.